The Morgan fingerprint density at radius 1 is 1.17 bits per heavy atom. The van der Waals surface area contributed by atoms with E-state index in [0.29, 0.717) is 13.1 Å². The van der Waals surface area contributed by atoms with Gasteiger partial charge in [0.25, 0.3) is 5.91 Å². The van der Waals surface area contributed by atoms with Gasteiger partial charge >= 0.3 is 5.69 Å². The number of para-hydroxylation sites is 1. The third kappa shape index (κ3) is 3.16. The van der Waals surface area contributed by atoms with Gasteiger partial charge in [0.1, 0.15) is 23.7 Å². The molecule has 1 aliphatic heterocycles. The molecule has 1 aliphatic rings. The number of carbonyl (C=O) groups excluding carboxylic acids is 2. The van der Waals surface area contributed by atoms with Crippen molar-refractivity contribution < 1.29 is 14.0 Å². The number of amides is 2. The number of carbonyl (C=O) groups is 2. The third-order valence-corrected chi connectivity index (χ3v) is 4.96. The van der Waals surface area contributed by atoms with Crippen molar-refractivity contribution in [3.05, 3.63) is 52.1 Å². The summed E-state index contributed by atoms with van der Waals surface area (Å²) in [7, 11) is 0. The van der Waals surface area contributed by atoms with Crippen LogP contribution in [-0.2, 0) is 11.3 Å². The molecule has 0 spiro atoms. The van der Waals surface area contributed by atoms with E-state index in [1.54, 1.807) is 11.0 Å². The van der Waals surface area contributed by atoms with Crippen molar-refractivity contribution in [3.63, 3.8) is 0 Å². The molecule has 2 N–H and O–H groups in total. The quantitative estimate of drug-likeness (QED) is 0.696. The largest absolute Gasteiger partial charge is 0.364 e. The molecule has 1 saturated heterocycles. The Labute approximate surface area is 164 Å². The summed E-state index contributed by atoms with van der Waals surface area (Å²) >= 11 is 0. The van der Waals surface area contributed by atoms with E-state index in [1.807, 2.05) is 0 Å². The second-order valence-corrected chi connectivity index (χ2v) is 6.90. The lowest BCUT2D eigenvalue weighted by Gasteiger charge is -2.15. The number of nitrogens with two attached hydrogens (primary N) is 1. The van der Waals surface area contributed by atoms with Crippen molar-refractivity contribution in [2.75, 3.05) is 13.1 Å². The number of imidazole rings is 1. The monoisotopic (exact) mass is 398 g/mol. The number of fused-ring (bicyclic) bond motifs is 1. The van der Waals surface area contributed by atoms with E-state index in [0.717, 1.165) is 22.0 Å². The van der Waals surface area contributed by atoms with Crippen LogP contribution in [0, 0.1) is 12.7 Å². The summed E-state index contributed by atoms with van der Waals surface area (Å²) in [6, 6.07) is 5.70. The summed E-state index contributed by atoms with van der Waals surface area (Å²) in [6.45, 7) is 2.44. The maximum atomic E-state index is 14.5. The maximum absolute atomic E-state index is 14.5. The van der Waals surface area contributed by atoms with E-state index in [1.165, 1.54) is 25.1 Å². The maximum Gasteiger partial charge on any atom is 0.335 e. The van der Waals surface area contributed by atoms with E-state index in [2.05, 4.69) is 9.97 Å². The molecule has 3 aromatic rings. The summed E-state index contributed by atoms with van der Waals surface area (Å²) in [5.41, 5.74) is 4.60. The predicted octanol–water partition coefficient (Wildman–Crippen LogP) is 0.751. The summed E-state index contributed by atoms with van der Waals surface area (Å²) < 4.78 is 16.6. The molecule has 29 heavy (non-hydrogen) atoms. The Morgan fingerprint density at radius 2 is 1.86 bits per heavy atom. The van der Waals surface area contributed by atoms with Crippen molar-refractivity contribution >= 4 is 23.0 Å². The smallest absolute Gasteiger partial charge is 0.335 e. The van der Waals surface area contributed by atoms with Gasteiger partial charge in [0, 0.05) is 13.1 Å². The fourth-order valence-electron chi connectivity index (χ4n) is 3.63. The first-order valence-electron chi connectivity index (χ1n) is 9.21. The van der Waals surface area contributed by atoms with Gasteiger partial charge in [-0.15, -0.1) is 0 Å². The normalized spacial score (nSPS) is 13.9. The molecule has 0 saturated carbocycles. The Morgan fingerprint density at radius 3 is 2.52 bits per heavy atom. The summed E-state index contributed by atoms with van der Waals surface area (Å²) in [6.07, 6.45) is 1.79. The van der Waals surface area contributed by atoms with Crippen LogP contribution in [0.25, 0.3) is 16.9 Å². The lowest BCUT2D eigenvalue weighted by molar-refractivity contribution is -0.130. The summed E-state index contributed by atoms with van der Waals surface area (Å²) in [4.78, 5) is 47.9. The minimum Gasteiger partial charge on any atom is -0.364 e. The van der Waals surface area contributed by atoms with Crippen molar-refractivity contribution in [1.82, 2.24) is 24.0 Å². The van der Waals surface area contributed by atoms with Gasteiger partial charge in [-0.05, 0) is 31.9 Å². The number of rotatable bonds is 4. The highest BCUT2D eigenvalue weighted by atomic mass is 19.1. The molecular weight excluding hydrogens is 379 g/mol. The number of nitrogens with zero attached hydrogens (tertiary/aromatic N) is 5. The average Bonchev–Trinajstić information content (AvgIpc) is 3.30. The zero-order chi connectivity index (χ0) is 20.7. The highest BCUT2D eigenvalue weighted by Crippen LogP contribution is 2.21. The number of aryl methyl sites for hydroxylation is 1. The Hall–Kier alpha value is -3.56. The van der Waals surface area contributed by atoms with Gasteiger partial charge in [-0.3, -0.25) is 14.2 Å². The van der Waals surface area contributed by atoms with Gasteiger partial charge in [0.2, 0.25) is 5.91 Å². The van der Waals surface area contributed by atoms with E-state index >= 15 is 0 Å². The third-order valence-electron chi connectivity index (χ3n) is 4.96. The topological polar surface area (TPSA) is 116 Å². The molecule has 10 heteroatoms. The lowest BCUT2D eigenvalue weighted by Crippen LogP contribution is -2.35. The summed E-state index contributed by atoms with van der Waals surface area (Å²) in [5, 5.41) is 0. The standard InChI is InChI=1S/C19H19FN6O3/c1-11-22-15(17(21)28)16-18(23-11)26(13-7-3-2-6-12(13)20)19(29)25(16)10-14(27)24-8-4-5-9-24/h2-3,6-7H,4-5,8-10H2,1H3,(H2,21,28). The molecule has 4 rings (SSSR count). The minimum atomic E-state index is -0.867. The molecular formula is C19H19FN6O3. The van der Waals surface area contributed by atoms with Crippen LogP contribution in [-0.4, -0.2) is 48.9 Å². The van der Waals surface area contributed by atoms with Gasteiger partial charge < -0.3 is 10.6 Å². The van der Waals surface area contributed by atoms with Crippen LogP contribution in [0.2, 0.25) is 0 Å². The van der Waals surface area contributed by atoms with Gasteiger partial charge in [0.05, 0.1) is 5.69 Å². The van der Waals surface area contributed by atoms with Gasteiger partial charge in [-0.25, -0.2) is 23.7 Å². The molecule has 0 atom stereocenters. The zero-order valence-electron chi connectivity index (χ0n) is 15.8. The predicted molar refractivity (Wildman–Crippen MR) is 102 cm³/mol. The first-order chi connectivity index (χ1) is 13.9. The van der Waals surface area contributed by atoms with Crippen LogP contribution < -0.4 is 11.4 Å². The molecule has 2 aromatic heterocycles. The molecule has 2 amide bonds. The average molecular weight is 398 g/mol. The van der Waals surface area contributed by atoms with Crippen LogP contribution in [0.5, 0.6) is 0 Å². The molecule has 0 unspecified atom stereocenters. The zero-order valence-corrected chi connectivity index (χ0v) is 15.8. The Bertz CT molecular complexity index is 1190. The highest BCUT2D eigenvalue weighted by Gasteiger charge is 2.27. The number of hydrogen-bond donors (Lipinski definition) is 1. The fourth-order valence-corrected chi connectivity index (χ4v) is 3.63. The second-order valence-electron chi connectivity index (χ2n) is 6.90. The lowest BCUT2D eigenvalue weighted by atomic mass is 10.3. The first-order valence-corrected chi connectivity index (χ1v) is 9.21. The van der Waals surface area contributed by atoms with E-state index in [4.69, 9.17) is 5.73 Å². The van der Waals surface area contributed by atoms with Crippen molar-refractivity contribution in [3.8, 4) is 5.69 Å². The molecule has 1 fully saturated rings. The summed E-state index contributed by atoms with van der Waals surface area (Å²) in [5.74, 6) is -1.59. The Balaban J connectivity index is 2.00. The molecule has 0 radical (unpaired) electrons. The number of halogens is 1. The number of aromatic nitrogens is 4. The minimum absolute atomic E-state index is 0.0175. The second kappa shape index (κ2) is 7.12. The van der Waals surface area contributed by atoms with Crippen LogP contribution in [0.3, 0.4) is 0 Å². The Kier molecular flexibility index (Phi) is 4.61. The van der Waals surface area contributed by atoms with Crippen molar-refractivity contribution in [1.29, 1.82) is 0 Å². The fraction of sp³-hybridized carbons (Fsp3) is 0.316. The number of hydrogen-bond acceptors (Lipinski definition) is 5. The van der Waals surface area contributed by atoms with Crippen LogP contribution in [0.4, 0.5) is 4.39 Å². The van der Waals surface area contributed by atoms with Gasteiger partial charge in [0.15, 0.2) is 11.3 Å². The molecule has 0 bridgehead atoms. The van der Waals surface area contributed by atoms with Gasteiger partial charge in [-0.1, -0.05) is 12.1 Å². The van der Waals surface area contributed by atoms with E-state index in [9.17, 15) is 18.8 Å². The van der Waals surface area contributed by atoms with Crippen molar-refractivity contribution in [2.45, 2.75) is 26.3 Å². The van der Waals surface area contributed by atoms with Crippen LogP contribution in [0.1, 0.15) is 29.2 Å². The number of benzene rings is 1. The van der Waals surface area contributed by atoms with Crippen molar-refractivity contribution in [2.24, 2.45) is 5.73 Å². The molecule has 1 aromatic carbocycles. The first kappa shape index (κ1) is 18.8. The number of primary amides is 1. The van der Waals surface area contributed by atoms with E-state index in [-0.39, 0.29) is 40.8 Å². The van der Waals surface area contributed by atoms with Crippen LogP contribution >= 0.6 is 0 Å². The highest BCUT2D eigenvalue weighted by molar-refractivity contribution is 6.02. The molecule has 150 valence electrons. The molecule has 0 aliphatic carbocycles. The van der Waals surface area contributed by atoms with Crippen LogP contribution in [0.15, 0.2) is 29.1 Å². The van der Waals surface area contributed by atoms with Gasteiger partial charge in [-0.2, -0.15) is 0 Å². The molecule has 3 heterocycles. The number of likely N-dealkylation sites (tertiary alicyclic amines) is 1. The SMILES string of the molecule is Cc1nc(C(N)=O)c2c(n1)n(-c1ccccc1F)c(=O)n2CC(=O)N1CCCC1. The molecule has 9 nitrogen and oxygen atoms in total. The van der Waals surface area contributed by atoms with E-state index < -0.39 is 17.4 Å².